The molecule has 0 aliphatic carbocycles. The first-order valence-electron chi connectivity index (χ1n) is 8.40. The van der Waals surface area contributed by atoms with Crippen molar-refractivity contribution >= 4 is 21.5 Å². The Balaban J connectivity index is 1.86. The average molecular weight is 288 g/mol. The van der Waals surface area contributed by atoms with Gasteiger partial charge in [0.2, 0.25) is 0 Å². The van der Waals surface area contributed by atoms with E-state index in [-0.39, 0.29) is 0 Å². The first kappa shape index (κ1) is 14.8. The van der Waals surface area contributed by atoms with E-state index in [1.165, 1.54) is 59.2 Å². The van der Waals surface area contributed by atoms with Gasteiger partial charge in [-0.1, -0.05) is 67.4 Å². The third-order valence-electron chi connectivity index (χ3n) is 4.47. The van der Waals surface area contributed by atoms with Crippen LogP contribution in [0.15, 0.2) is 67.3 Å². The van der Waals surface area contributed by atoms with Gasteiger partial charge in [-0.05, 0) is 58.9 Å². The first-order valence-corrected chi connectivity index (χ1v) is 8.40. The van der Waals surface area contributed by atoms with E-state index in [0.717, 1.165) is 6.42 Å². The van der Waals surface area contributed by atoms with E-state index in [2.05, 4.69) is 61.2 Å². The zero-order chi connectivity index (χ0) is 15.2. The monoisotopic (exact) mass is 288 g/mol. The van der Waals surface area contributed by atoms with Gasteiger partial charge < -0.3 is 0 Å². The molecule has 0 spiro atoms. The summed E-state index contributed by atoms with van der Waals surface area (Å²) in [5.74, 6) is 0. The summed E-state index contributed by atoms with van der Waals surface area (Å²) >= 11 is 0. The fraction of sp³-hybridized carbons (Fsp3) is 0.273. The van der Waals surface area contributed by atoms with Crippen molar-refractivity contribution in [3.05, 3.63) is 72.8 Å². The fourth-order valence-electron chi connectivity index (χ4n) is 3.32. The van der Waals surface area contributed by atoms with Crippen molar-refractivity contribution in [3.63, 3.8) is 0 Å². The number of benzene rings is 3. The molecule has 0 radical (unpaired) electrons. The van der Waals surface area contributed by atoms with Crippen molar-refractivity contribution in [3.8, 4) is 0 Å². The Labute approximate surface area is 133 Å². The normalized spacial score (nSPS) is 11.1. The quantitative estimate of drug-likeness (QED) is 0.259. The van der Waals surface area contributed by atoms with Gasteiger partial charge in [-0.3, -0.25) is 0 Å². The molecule has 0 bridgehead atoms. The molecule has 0 fully saturated rings. The van der Waals surface area contributed by atoms with Crippen LogP contribution in [0, 0.1) is 0 Å². The topological polar surface area (TPSA) is 0 Å². The zero-order valence-corrected chi connectivity index (χ0v) is 13.2. The van der Waals surface area contributed by atoms with Crippen molar-refractivity contribution in [2.75, 3.05) is 0 Å². The largest absolute Gasteiger partial charge is 0.103 e. The standard InChI is InChI=1S/C22H24/c1-2-3-4-5-6-7-16-22-20-14-10-8-12-18(20)17-19-13-9-11-15-21(19)22/h2,8-15,17H,1,3-7,16H2. The summed E-state index contributed by atoms with van der Waals surface area (Å²) in [7, 11) is 0. The molecule has 3 rings (SSSR count). The molecule has 0 N–H and O–H groups in total. The van der Waals surface area contributed by atoms with Crippen molar-refractivity contribution in [1.82, 2.24) is 0 Å². The molecule has 0 saturated carbocycles. The number of hydrogen-bond donors (Lipinski definition) is 0. The first-order chi connectivity index (χ1) is 10.9. The van der Waals surface area contributed by atoms with Crippen molar-refractivity contribution < 1.29 is 0 Å². The summed E-state index contributed by atoms with van der Waals surface area (Å²) in [5, 5.41) is 5.57. The highest BCUT2D eigenvalue weighted by Crippen LogP contribution is 2.29. The SMILES string of the molecule is C=CCCCCCCc1c2ccccc2cc2ccccc12. The van der Waals surface area contributed by atoms with E-state index in [4.69, 9.17) is 0 Å². The van der Waals surface area contributed by atoms with Crippen molar-refractivity contribution in [2.45, 2.75) is 38.5 Å². The van der Waals surface area contributed by atoms with Crippen molar-refractivity contribution in [1.29, 1.82) is 0 Å². The van der Waals surface area contributed by atoms with Gasteiger partial charge in [0.15, 0.2) is 0 Å². The maximum Gasteiger partial charge on any atom is -0.0146 e. The van der Waals surface area contributed by atoms with E-state index in [0.29, 0.717) is 0 Å². The molecule has 0 heteroatoms. The second kappa shape index (κ2) is 7.26. The number of unbranched alkanes of at least 4 members (excludes halogenated alkanes) is 4. The number of hydrogen-bond acceptors (Lipinski definition) is 0. The molecule has 112 valence electrons. The molecule has 0 nitrogen and oxygen atoms in total. The lowest BCUT2D eigenvalue weighted by molar-refractivity contribution is 0.648. The van der Waals surface area contributed by atoms with E-state index in [9.17, 15) is 0 Å². The molecule has 3 aromatic rings. The highest BCUT2D eigenvalue weighted by Gasteiger charge is 2.06. The Bertz CT molecular complexity index is 713. The van der Waals surface area contributed by atoms with Crippen LogP contribution in [0.3, 0.4) is 0 Å². The minimum absolute atomic E-state index is 1.15. The molecule has 0 aliphatic heterocycles. The molecule has 0 unspecified atom stereocenters. The molecule has 0 aliphatic rings. The van der Waals surface area contributed by atoms with Gasteiger partial charge in [0.25, 0.3) is 0 Å². The lowest BCUT2D eigenvalue weighted by Gasteiger charge is -2.11. The average Bonchev–Trinajstić information content (AvgIpc) is 2.57. The van der Waals surface area contributed by atoms with Crippen LogP contribution < -0.4 is 0 Å². The third-order valence-corrected chi connectivity index (χ3v) is 4.47. The maximum atomic E-state index is 3.79. The summed E-state index contributed by atoms with van der Waals surface area (Å²) in [6, 6.07) is 19.9. The van der Waals surface area contributed by atoms with Crippen LogP contribution in [0.2, 0.25) is 0 Å². The summed E-state index contributed by atoms with van der Waals surface area (Å²) in [6.07, 6.45) is 9.53. The second-order valence-electron chi connectivity index (χ2n) is 6.04. The predicted molar refractivity (Wildman–Crippen MR) is 98.4 cm³/mol. The molecular formula is C22H24. The van der Waals surface area contributed by atoms with Gasteiger partial charge in [0, 0.05) is 0 Å². The van der Waals surface area contributed by atoms with Crippen LogP contribution >= 0.6 is 0 Å². The molecule has 3 aromatic carbocycles. The van der Waals surface area contributed by atoms with Gasteiger partial charge in [-0.25, -0.2) is 0 Å². The van der Waals surface area contributed by atoms with Crippen LogP contribution in [0.4, 0.5) is 0 Å². The molecular weight excluding hydrogens is 264 g/mol. The predicted octanol–water partition coefficient (Wildman–Crippen LogP) is 6.67. The summed E-state index contributed by atoms with van der Waals surface area (Å²) in [5.41, 5.74) is 1.53. The lowest BCUT2D eigenvalue weighted by Crippen LogP contribution is -1.91. The smallest absolute Gasteiger partial charge is 0.0146 e. The highest BCUT2D eigenvalue weighted by molar-refractivity contribution is 6.02. The summed E-state index contributed by atoms with van der Waals surface area (Å²) < 4.78 is 0. The Hall–Kier alpha value is -2.08. The molecule has 0 saturated heterocycles. The van der Waals surface area contributed by atoms with Crippen LogP contribution in [0.25, 0.3) is 21.5 Å². The van der Waals surface area contributed by atoms with Crippen LogP contribution in [-0.2, 0) is 6.42 Å². The van der Waals surface area contributed by atoms with Gasteiger partial charge in [0.1, 0.15) is 0 Å². The minimum atomic E-state index is 1.15. The highest BCUT2D eigenvalue weighted by atomic mass is 14.1. The fourth-order valence-corrected chi connectivity index (χ4v) is 3.32. The zero-order valence-electron chi connectivity index (χ0n) is 13.2. The molecule has 22 heavy (non-hydrogen) atoms. The van der Waals surface area contributed by atoms with Crippen molar-refractivity contribution in [2.24, 2.45) is 0 Å². The Kier molecular flexibility index (Phi) is 4.90. The van der Waals surface area contributed by atoms with E-state index in [1.54, 1.807) is 0 Å². The number of allylic oxidation sites excluding steroid dienone is 1. The Morgan fingerprint density at radius 3 is 1.95 bits per heavy atom. The lowest BCUT2D eigenvalue weighted by atomic mass is 9.93. The Morgan fingerprint density at radius 1 is 0.727 bits per heavy atom. The minimum Gasteiger partial charge on any atom is -0.103 e. The van der Waals surface area contributed by atoms with Gasteiger partial charge in [-0.2, -0.15) is 0 Å². The molecule has 0 amide bonds. The van der Waals surface area contributed by atoms with Crippen LogP contribution in [0.1, 0.15) is 37.7 Å². The van der Waals surface area contributed by atoms with Crippen LogP contribution in [0.5, 0.6) is 0 Å². The third kappa shape index (κ3) is 3.22. The van der Waals surface area contributed by atoms with E-state index in [1.807, 2.05) is 6.08 Å². The summed E-state index contributed by atoms with van der Waals surface area (Å²) in [6.45, 7) is 3.79. The Morgan fingerprint density at radius 2 is 1.32 bits per heavy atom. The molecule has 0 atom stereocenters. The maximum absolute atomic E-state index is 3.79. The number of rotatable bonds is 7. The number of aryl methyl sites for hydroxylation is 1. The van der Waals surface area contributed by atoms with Gasteiger partial charge in [-0.15, -0.1) is 6.58 Å². The second-order valence-corrected chi connectivity index (χ2v) is 6.04. The van der Waals surface area contributed by atoms with E-state index >= 15 is 0 Å². The van der Waals surface area contributed by atoms with Crippen LogP contribution in [-0.4, -0.2) is 0 Å². The van der Waals surface area contributed by atoms with E-state index < -0.39 is 0 Å². The molecule has 0 aromatic heterocycles. The number of fused-ring (bicyclic) bond motifs is 2. The van der Waals surface area contributed by atoms with Gasteiger partial charge in [0.05, 0.1) is 0 Å². The van der Waals surface area contributed by atoms with Gasteiger partial charge >= 0.3 is 0 Å². The summed E-state index contributed by atoms with van der Waals surface area (Å²) in [4.78, 5) is 0. The molecule has 0 heterocycles.